The molecule has 1 unspecified atom stereocenters. The minimum atomic E-state index is -0.450. The van der Waals surface area contributed by atoms with Crippen LogP contribution in [0.3, 0.4) is 0 Å². The van der Waals surface area contributed by atoms with E-state index in [0.717, 1.165) is 26.0 Å². The lowest BCUT2D eigenvalue weighted by Crippen LogP contribution is -2.19. The van der Waals surface area contributed by atoms with E-state index in [2.05, 4.69) is 20.6 Å². The van der Waals surface area contributed by atoms with E-state index in [0.29, 0.717) is 17.3 Å². The number of halogens is 2. The Morgan fingerprint density at radius 1 is 1.27 bits per heavy atom. The van der Waals surface area contributed by atoms with Gasteiger partial charge in [0.05, 0.1) is 11.1 Å². The molecular weight excluding hydrogens is 307 g/mol. The summed E-state index contributed by atoms with van der Waals surface area (Å²) in [6.45, 7) is 1.55. The third-order valence-electron chi connectivity index (χ3n) is 3.39. The molecule has 3 rings (SSSR count). The Morgan fingerprint density at radius 2 is 2.14 bits per heavy atom. The minimum absolute atomic E-state index is 0.0655. The summed E-state index contributed by atoms with van der Waals surface area (Å²) < 4.78 is 18.7. The van der Waals surface area contributed by atoms with Gasteiger partial charge in [0.1, 0.15) is 23.8 Å². The molecule has 5 nitrogen and oxygen atoms in total. The molecule has 0 saturated carbocycles. The maximum Gasteiger partial charge on any atom is 0.141 e. The Bertz CT molecular complexity index is 649. The Kier molecular flexibility index (Phi) is 4.70. The van der Waals surface area contributed by atoms with Gasteiger partial charge in [-0.05, 0) is 31.0 Å². The minimum Gasteiger partial charge on any atom is -0.376 e. The molecule has 1 atom stereocenters. The van der Waals surface area contributed by atoms with E-state index in [1.165, 1.54) is 18.5 Å². The van der Waals surface area contributed by atoms with E-state index >= 15 is 0 Å². The highest BCUT2D eigenvalue weighted by molar-refractivity contribution is 6.31. The van der Waals surface area contributed by atoms with Crippen molar-refractivity contribution < 1.29 is 9.13 Å². The molecule has 2 heterocycles. The van der Waals surface area contributed by atoms with Crippen molar-refractivity contribution in [2.24, 2.45) is 0 Å². The summed E-state index contributed by atoms with van der Waals surface area (Å²) >= 11 is 5.76. The Balaban J connectivity index is 1.63. The fraction of sp³-hybridized carbons (Fsp3) is 0.333. The molecule has 0 radical (unpaired) electrons. The van der Waals surface area contributed by atoms with E-state index in [9.17, 15) is 4.39 Å². The molecule has 22 heavy (non-hydrogen) atoms. The van der Waals surface area contributed by atoms with Gasteiger partial charge in [0.25, 0.3) is 0 Å². The molecule has 1 aromatic heterocycles. The molecule has 1 aliphatic heterocycles. The lowest BCUT2D eigenvalue weighted by atomic mass is 10.2. The molecule has 1 aliphatic rings. The first kappa shape index (κ1) is 15.0. The maximum absolute atomic E-state index is 13.1. The van der Waals surface area contributed by atoms with Crippen molar-refractivity contribution in [2.45, 2.75) is 18.9 Å². The van der Waals surface area contributed by atoms with E-state index in [1.807, 2.05) is 0 Å². The number of aromatic nitrogens is 2. The summed E-state index contributed by atoms with van der Waals surface area (Å²) in [6, 6.07) is 6.20. The van der Waals surface area contributed by atoms with Crippen LogP contribution in [-0.4, -0.2) is 29.2 Å². The van der Waals surface area contributed by atoms with Crippen molar-refractivity contribution in [1.82, 2.24) is 9.97 Å². The van der Waals surface area contributed by atoms with Crippen molar-refractivity contribution in [1.29, 1.82) is 0 Å². The second-order valence-corrected chi connectivity index (χ2v) is 5.47. The van der Waals surface area contributed by atoms with Gasteiger partial charge in [-0.2, -0.15) is 0 Å². The standard InChI is InChI=1S/C15H16ClFN4O/c16-12-6-10(3-4-13(12)17)21-15-7-14(19-9-20-15)18-8-11-2-1-5-22-11/h3-4,6-7,9,11H,1-2,5,8H2,(H2,18,19,20,21). The number of ether oxygens (including phenoxy) is 1. The SMILES string of the molecule is Fc1ccc(Nc2cc(NCC3CCCO3)ncn2)cc1Cl. The molecule has 1 aromatic carbocycles. The van der Waals surface area contributed by atoms with Gasteiger partial charge >= 0.3 is 0 Å². The number of nitrogens with zero attached hydrogens (tertiary/aromatic N) is 2. The van der Waals surface area contributed by atoms with E-state index in [1.54, 1.807) is 12.1 Å². The van der Waals surface area contributed by atoms with Crippen LogP contribution in [0.25, 0.3) is 0 Å². The predicted octanol–water partition coefficient (Wildman–Crippen LogP) is 3.60. The van der Waals surface area contributed by atoms with Gasteiger partial charge in [-0.15, -0.1) is 0 Å². The normalized spacial score (nSPS) is 17.5. The molecule has 2 aromatic rings. The lowest BCUT2D eigenvalue weighted by Gasteiger charge is -2.12. The Labute approximate surface area is 132 Å². The van der Waals surface area contributed by atoms with Crippen LogP contribution in [0.5, 0.6) is 0 Å². The number of rotatable bonds is 5. The third kappa shape index (κ3) is 3.84. The average molecular weight is 323 g/mol. The quantitative estimate of drug-likeness (QED) is 0.880. The van der Waals surface area contributed by atoms with Gasteiger partial charge in [0.2, 0.25) is 0 Å². The van der Waals surface area contributed by atoms with Gasteiger partial charge in [-0.1, -0.05) is 11.6 Å². The summed E-state index contributed by atoms with van der Waals surface area (Å²) in [5.74, 6) is 0.863. The summed E-state index contributed by atoms with van der Waals surface area (Å²) in [6.07, 6.45) is 3.87. The average Bonchev–Trinajstić information content (AvgIpc) is 3.03. The first-order valence-corrected chi connectivity index (χ1v) is 7.48. The molecule has 0 spiro atoms. The van der Waals surface area contributed by atoms with Crippen LogP contribution in [0.2, 0.25) is 5.02 Å². The number of hydrogen-bond donors (Lipinski definition) is 2. The molecule has 1 saturated heterocycles. The monoisotopic (exact) mass is 322 g/mol. The van der Waals surface area contributed by atoms with Crippen LogP contribution in [0.15, 0.2) is 30.6 Å². The number of nitrogens with one attached hydrogen (secondary N) is 2. The Morgan fingerprint density at radius 3 is 2.91 bits per heavy atom. The smallest absolute Gasteiger partial charge is 0.141 e. The van der Waals surface area contributed by atoms with Gasteiger partial charge in [-0.3, -0.25) is 0 Å². The summed E-state index contributed by atoms with van der Waals surface area (Å²) in [4.78, 5) is 8.31. The van der Waals surface area contributed by atoms with Gasteiger partial charge < -0.3 is 15.4 Å². The van der Waals surface area contributed by atoms with Gasteiger partial charge in [0, 0.05) is 24.9 Å². The summed E-state index contributed by atoms with van der Waals surface area (Å²) in [5.41, 5.74) is 0.662. The highest BCUT2D eigenvalue weighted by atomic mass is 35.5. The molecule has 1 fully saturated rings. The first-order valence-electron chi connectivity index (χ1n) is 7.10. The zero-order chi connectivity index (χ0) is 15.4. The highest BCUT2D eigenvalue weighted by Gasteiger charge is 2.15. The van der Waals surface area contributed by atoms with Crippen molar-refractivity contribution in [3.05, 3.63) is 41.4 Å². The fourth-order valence-corrected chi connectivity index (χ4v) is 2.45. The van der Waals surface area contributed by atoms with Gasteiger partial charge in [0.15, 0.2) is 0 Å². The van der Waals surface area contributed by atoms with Crippen LogP contribution >= 0.6 is 11.6 Å². The van der Waals surface area contributed by atoms with Crippen molar-refractivity contribution in [3.63, 3.8) is 0 Å². The molecule has 2 N–H and O–H groups in total. The van der Waals surface area contributed by atoms with E-state index in [-0.39, 0.29) is 11.1 Å². The van der Waals surface area contributed by atoms with Crippen LogP contribution < -0.4 is 10.6 Å². The van der Waals surface area contributed by atoms with Crippen molar-refractivity contribution >= 4 is 28.9 Å². The van der Waals surface area contributed by atoms with Crippen LogP contribution in [-0.2, 0) is 4.74 Å². The number of hydrogen-bond acceptors (Lipinski definition) is 5. The largest absolute Gasteiger partial charge is 0.376 e. The molecule has 0 bridgehead atoms. The van der Waals surface area contributed by atoms with Gasteiger partial charge in [-0.25, -0.2) is 14.4 Å². The van der Waals surface area contributed by atoms with Crippen molar-refractivity contribution in [2.75, 3.05) is 23.8 Å². The van der Waals surface area contributed by atoms with Crippen LogP contribution in [0, 0.1) is 5.82 Å². The fourth-order valence-electron chi connectivity index (χ4n) is 2.27. The molecule has 116 valence electrons. The third-order valence-corrected chi connectivity index (χ3v) is 3.68. The second-order valence-electron chi connectivity index (χ2n) is 5.06. The summed E-state index contributed by atoms with van der Waals surface area (Å²) in [5, 5.41) is 6.36. The Hall–Kier alpha value is -1.92. The maximum atomic E-state index is 13.1. The second kappa shape index (κ2) is 6.89. The van der Waals surface area contributed by atoms with Crippen molar-refractivity contribution in [3.8, 4) is 0 Å². The van der Waals surface area contributed by atoms with E-state index < -0.39 is 5.82 Å². The van der Waals surface area contributed by atoms with E-state index in [4.69, 9.17) is 16.3 Å². The molecule has 0 amide bonds. The van der Waals surface area contributed by atoms with Crippen LogP contribution in [0.1, 0.15) is 12.8 Å². The number of anilines is 3. The molecule has 7 heteroatoms. The zero-order valence-electron chi connectivity index (χ0n) is 11.9. The number of benzene rings is 1. The highest BCUT2D eigenvalue weighted by Crippen LogP contribution is 2.22. The molecule has 0 aliphatic carbocycles. The predicted molar refractivity (Wildman–Crippen MR) is 84.2 cm³/mol. The first-order chi connectivity index (χ1) is 10.7. The molecular formula is C15H16ClFN4O. The zero-order valence-corrected chi connectivity index (χ0v) is 12.6. The topological polar surface area (TPSA) is 59.1 Å². The van der Waals surface area contributed by atoms with Crippen LogP contribution in [0.4, 0.5) is 21.7 Å². The lowest BCUT2D eigenvalue weighted by molar-refractivity contribution is 0.120. The summed E-state index contributed by atoms with van der Waals surface area (Å²) in [7, 11) is 0.